The minimum Gasteiger partial charge on any atom is -0.448 e. The number of ether oxygens (including phenoxy) is 2. The molecule has 4 heteroatoms. The first-order valence-electron chi connectivity index (χ1n) is 10.6. The van der Waals surface area contributed by atoms with Crippen molar-refractivity contribution in [3.63, 3.8) is 0 Å². The minimum absolute atomic E-state index is 0.480. The molecular formula is C29H18ClNO2. The monoisotopic (exact) mass is 447 g/mol. The fraction of sp³-hybridized carbons (Fsp3) is 0. The third kappa shape index (κ3) is 3.84. The van der Waals surface area contributed by atoms with Crippen molar-refractivity contribution in [1.82, 2.24) is 4.98 Å². The molecule has 33 heavy (non-hydrogen) atoms. The average molecular weight is 448 g/mol. The first kappa shape index (κ1) is 19.6. The zero-order valence-corrected chi connectivity index (χ0v) is 18.3. The van der Waals surface area contributed by atoms with E-state index in [0.717, 1.165) is 38.4 Å². The van der Waals surface area contributed by atoms with Gasteiger partial charge in [-0.3, -0.25) is 0 Å². The van der Waals surface area contributed by atoms with Gasteiger partial charge in [0.2, 0.25) is 0 Å². The Hall–Kier alpha value is -4.08. The number of hydrogen-bond acceptors (Lipinski definition) is 3. The summed E-state index contributed by atoms with van der Waals surface area (Å²) in [5, 5.41) is 0.733. The van der Waals surface area contributed by atoms with Gasteiger partial charge < -0.3 is 9.47 Å². The number of benzene rings is 4. The maximum absolute atomic E-state index is 6.20. The lowest BCUT2D eigenvalue weighted by Crippen LogP contribution is -2.00. The maximum atomic E-state index is 6.20. The fourth-order valence-corrected chi connectivity index (χ4v) is 4.22. The molecule has 2 heterocycles. The molecule has 0 saturated carbocycles. The third-order valence-electron chi connectivity index (χ3n) is 5.66. The Bertz CT molecular complexity index is 1490. The van der Waals surface area contributed by atoms with E-state index in [1.165, 1.54) is 0 Å². The van der Waals surface area contributed by atoms with Gasteiger partial charge in [0.15, 0.2) is 17.2 Å². The summed E-state index contributed by atoms with van der Waals surface area (Å²) in [5.74, 6) is 2.45. The van der Waals surface area contributed by atoms with E-state index in [0.29, 0.717) is 23.1 Å². The largest absolute Gasteiger partial charge is 0.448 e. The molecule has 158 valence electrons. The summed E-state index contributed by atoms with van der Waals surface area (Å²) in [6.45, 7) is 0. The van der Waals surface area contributed by atoms with Gasteiger partial charge in [-0.15, -0.1) is 0 Å². The maximum Gasteiger partial charge on any atom is 0.263 e. The van der Waals surface area contributed by atoms with Crippen LogP contribution in [0.1, 0.15) is 0 Å². The van der Waals surface area contributed by atoms with Crippen molar-refractivity contribution >= 4 is 11.6 Å². The topological polar surface area (TPSA) is 31.4 Å². The van der Waals surface area contributed by atoms with Gasteiger partial charge in [0, 0.05) is 11.2 Å². The van der Waals surface area contributed by atoms with Gasteiger partial charge >= 0.3 is 0 Å². The molecule has 0 N–H and O–H groups in total. The molecule has 6 rings (SSSR count). The Morgan fingerprint density at radius 3 is 1.76 bits per heavy atom. The number of rotatable bonds is 3. The molecule has 1 aliphatic rings. The molecule has 5 aromatic rings. The lowest BCUT2D eigenvalue weighted by molar-refractivity contribution is 0.348. The molecule has 0 fully saturated rings. The van der Waals surface area contributed by atoms with Crippen LogP contribution < -0.4 is 9.47 Å². The summed E-state index contributed by atoms with van der Waals surface area (Å²) >= 11 is 6.20. The van der Waals surface area contributed by atoms with E-state index in [1.54, 1.807) is 6.20 Å². The molecule has 1 aromatic heterocycles. The van der Waals surface area contributed by atoms with Crippen molar-refractivity contribution in [2.24, 2.45) is 0 Å². The highest BCUT2D eigenvalue weighted by atomic mass is 35.5. The number of fused-ring (bicyclic) bond motifs is 2. The van der Waals surface area contributed by atoms with Crippen LogP contribution in [0.2, 0.25) is 5.02 Å². The Morgan fingerprint density at radius 2 is 1.09 bits per heavy atom. The molecule has 0 unspecified atom stereocenters. The Kier molecular flexibility index (Phi) is 4.82. The van der Waals surface area contributed by atoms with Crippen LogP contribution in [0.4, 0.5) is 0 Å². The predicted molar refractivity (Wildman–Crippen MR) is 132 cm³/mol. The van der Waals surface area contributed by atoms with E-state index in [1.807, 2.05) is 48.5 Å². The van der Waals surface area contributed by atoms with Crippen LogP contribution in [0.3, 0.4) is 0 Å². The summed E-state index contributed by atoms with van der Waals surface area (Å²) in [4.78, 5) is 4.26. The Labute approximate surface area is 196 Å². The number of hydrogen-bond donors (Lipinski definition) is 0. The summed E-state index contributed by atoms with van der Waals surface area (Å²) < 4.78 is 11.9. The van der Waals surface area contributed by atoms with E-state index in [-0.39, 0.29) is 0 Å². The second kappa shape index (κ2) is 8.12. The standard InChI is InChI=1S/C29H18ClNO2/c30-25-10-3-9-23(17-25)21-7-1-5-19(15-21)20-6-2-8-22(16-20)24-12-13-26-28(18-24)33-29-27(32-26)11-4-14-31-29/h1-18H. The first-order valence-corrected chi connectivity index (χ1v) is 11.0. The summed E-state index contributed by atoms with van der Waals surface area (Å²) in [5.41, 5.74) is 6.65. The van der Waals surface area contributed by atoms with Crippen molar-refractivity contribution in [3.8, 4) is 56.5 Å². The predicted octanol–water partition coefficient (Wildman–Crippen LogP) is 8.63. The van der Waals surface area contributed by atoms with Crippen molar-refractivity contribution in [2.45, 2.75) is 0 Å². The molecule has 0 amide bonds. The van der Waals surface area contributed by atoms with Crippen LogP contribution in [-0.2, 0) is 0 Å². The number of nitrogens with zero attached hydrogens (tertiary/aromatic N) is 1. The van der Waals surface area contributed by atoms with Crippen molar-refractivity contribution < 1.29 is 9.47 Å². The Morgan fingerprint density at radius 1 is 0.485 bits per heavy atom. The number of pyridine rings is 1. The SMILES string of the molecule is Clc1cccc(-c2cccc(-c3cccc(-c4ccc5c(c4)Oc4ncccc4O5)c3)c2)c1. The van der Waals surface area contributed by atoms with Crippen molar-refractivity contribution in [3.05, 3.63) is 114 Å². The highest BCUT2D eigenvalue weighted by Gasteiger charge is 2.20. The van der Waals surface area contributed by atoms with E-state index >= 15 is 0 Å². The molecule has 4 aromatic carbocycles. The van der Waals surface area contributed by atoms with E-state index < -0.39 is 0 Å². The summed E-state index contributed by atoms with van der Waals surface area (Å²) in [7, 11) is 0. The van der Waals surface area contributed by atoms with Crippen molar-refractivity contribution in [1.29, 1.82) is 0 Å². The zero-order chi connectivity index (χ0) is 22.2. The Balaban J connectivity index is 1.34. The quantitative estimate of drug-likeness (QED) is 0.272. The van der Waals surface area contributed by atoms with Gasteiger partial charge in [0.1, 0.15) is 0 Å². The van der Waals surface area contributed by atoms with Gasteiger partial charge in [-0.05, 0) is 81.9 Å². The third-order valence-corrected chi connectivity index (χ3v) is 5.89. The zero-order valence-electron chi connectivity index (χ0n) is 17.5. The summed E-state index contributed by atoms with van der Waals surface area (Å²) in [6, 6.07) is 34.6. The lowest BCUT2D eigenvalue weighted by atomic mass is 9.96. The highest BCUT2D eigenvalue weighted by Crippen LogP contribution is 2.45. The first-order chi connectivity index (χ1) is 16.2. The lowest BCUT2D eigenvalue weighted by Gasteiger charge is -2.20. The average Bonchev–Trinajstić information content (AvgIpc) is 2.87. The van der Waals surface area contributed by atoms with Crippen LogP contribution in [0.15, 0.2) is 109 Å². The molecular weight excluding hydrogens is 430 g/mol. The van der Waals surface area contributed by atoms with Crippen molar-refractivity contribution in [2.75, 3.05) is 0 Å². The summed E-state index contributed by atoms with van der Waals surface area (Å²) in [6.07, 6.45) is 1.69. The van der Waals surface area contributed by atoms with Crippen LogP contribution in [-0.4, -0.2) is 4.98 Å². The molecule has 1 aliphatic heterocycles. The number of aromatic nitrogens is 1. The van der Waals surface area contributed by atoms with Crippen LogP contribution in [0.5, 0.6) is 23.1 Å². The van der Waals surface area contributed by atoms with Gasteiger partial charge in [0.25, 0.3) is 5.88 Å². The fourth-order valence-electron chi connectivity index (χ4n) is 4.03. The second-order valence-electron chi connectivity index (χ2n) is 7.84. The molecule has 0 bridgehead atoms. The van der Waals surface area contributed by atoms with Gasteiger partial charge in [0.05, 0.1) is 0 Å². The molecule has 0 aliphatic carbocycles. The van der Waals surface area contributed by atoms with Gasteiger partial charge in [-0.25, -0.2) is 4.98 Å². The number of halogens is 1. The van der Waals surface area contributed by atoms with Crippen LogP contribution in [0.25, 0.3) is 33.4 Å². The molecule has 0 atom stereocenters. The molecule has 0 spiro atoms. The highest BCUT2D eigenvalue weighted by molar-refractivity contribution is 6.30. The van der Waals surface area contributed by atoms with Crippen LogP contribution in [0, 0.1) is 0 Å². The van der Waals surface area contributed by atoms with E-state index in [2.05, 4.69) is 59.6 Å². The molecule has 3 nitrogen and oxygen atoms in total. The normalized spacial score (nSPS) is 11.7. The van der Waals surface area contributed by atoms with Gasteiger partial charge in [-0.2, -0.15) is 0 Å². The molecule has 0 radical (unpaired) electrons. The van der Waals surface area contributed by atoms with Gasteiger partial charge in [-0.1, -0.05) is 66.2 Å². The second-order valence-corrected chi connectivity index (χ2v) is 8.28. The smallest absolute Gasteiger partial charge is 0.263 e. The van der Waals surface area contributed by atoms with Crippen LogP contribution >= 0.6 is 11.6 Å². The van der Waals surface area contributed by atoms with E-state index in [4.69, 9.17) is 21.1 Å². The minimum atomic E-state index is 0.480. The molecule has 0 saturated heterocycles. The van der Waals surface area contributed by atoms with E-state index in [9.17, 15) is 0 Å².